The molecule has 0 radical (unpaired) electrons. The van der Waals surface area contributed by atoms with Crippen LogP contribution in [0.15, 0.2) is 0 Å². The van der Waals surface area contributed by atoms with Crippen molar-refractivity contribution in [1.29, 1.82) is 0 Å². The van der Waals surface area contributed by atoms with Gasteiger partial charge in [0.1, 0.15) is 6.10 Å². The van der Waals surface area contributed by atoms with Crippen LogP contribution in [0.3, 0.4) is 0 Å². The molecule has 0 aromatic carbocycles. The minimum atomic E-state index is -1.36. The summed E-state index contributed by atoms with van der Waals surface area (Å²) in [4.78, 5) is 21.7. The van der Waals surface area contributed by atoms with E-state index < -0.39 is 18.1 Å². The Morgan fingerprint density at radius 3 is 2.60 bits per heavy atom. The summed E-state index contributed by atoms with van der Waals surface area (Å²) in [5, 5.41) is 11.3. The van der Waals surface area contributed by atoms with Crippen molar-refractivity contribution in [1.82, 2.24) is 5.32 Å². The molecule has 0 aromatic rings. The molecule has 0 saturated heterocycles. The molecule has 0 aliphatic rings. The standard InChI is InChI=1S/C8H17N3O3S/c1-15-3-2-5(9)8(14)11-4-6(12)7(10)13/h5-6,12H,2-4,9H2,1H3,(H2,10,13)(H,11,14)/t5-,6?/m1/s1. The third-order valence-electron chi connectivity index (χ3n) is 1.77. The van der Waals surface area contributed by atoms with E-state index >= 15 is 0 Å². The van der Waals surface area contributed by atoms with E-state index in [0.717, 1.165) is 5.75 Å². The first-order chi connectivity index (χ1) is 6.99. The van der Waals surface area contributed by atoms with E-state index in [0.29, 0.717) is 6.42 Å². The highest BCUT2D eigenvalue weighted by Gasteiger charge is 2.16. The molecular formula is C8H17N3O3S. The Hall–Kier alpha value is -0.790. The summed E-state index contributed by atoms with van der Waals surface area (Å²) < 4.78 is 0. The second-order valence-corrected chi connectivity index (χ2v) is 4.04. The minimum Gasteiger partial charge on any atom is -0.381 e. The fourth-order valence-electron chi connectivity index (χ4n) is 0.805. The summed E-state index contributed by atoms with van der Waals surface area (Å²) in [7, 11) is 0. The van der Waals surface area contributed by atoms with Gasteiger partial charge in [0, 0.05) is 0 Å². The highest BCUT2D eigenvalue weighted by Crippen LogP contribution is 1.98. The number of nitrogens with one attached hydrogen (secondary N) is 1. The maximum absolute atomic E-state index is 11.3. The molecule has 0 spiro atoms. The monoisotopic (exact) mass is 235 g/mol. The number of rotatable bonds is 7. The fourth-order valence-corrected chi connectivity index (χ4v) is 1.29. The second kappa shape index (κ2) is 7.49. The quantitative estimate of drug-likeness (QED) is 0.408. The molecule has 1 unspecified atom stereocenters. The van der Waals surface area contributed by atoms with Crippen molar-refractivity contribution in [3.8, 4) is 0 Å². The van der Waals surface area contributed by atoms with E-state index in [1.807, 2.05) is 6.26 Å². The van der Waals surface area contributed by atoms with Crippen molar-refractivity contribution < 1.29 is 14.7 Å². The van der Waals surface area contributed by atoms with Gasteiger partial charge in [0.05, 0.1) is 12.6 Å². The molecule has 6 N–H and O–H groups in total. The van der Waals surface area contributed by atoms with E-state index in [-0.39, 0.29) is 12.5 Å². The van der Waals surface area contributed by atoms with Gasteiger partial charge in [-0.3, -0.25) is 9.59 Å². The van der Waals surface area contributed by atoms with Crippen molar-refractivity contribution in [3.05, 3.63) is 0 Å². The molecule has 0 heterocycles. The third kappa shape index (κ3) is 6.32. The smallest absolute Gasteiger partial charge is 0.248 e. The summed E-state index contributed by atoms with van der Waals surface area (Å²) in [6, 6.07) is -0.613. The molecule has 0 bridgehead atoms. The highest BCUT2D eigenvalue weighted by atomic mass is 32.2. The normalized spacial score (nSPS) is 14.3. The maximum atomic E-state index is 11.3. The summed E-state index contributed by atoms with van der Waals surface area (Å²) >= 11 is 1.59. The SMILES string of the molecule is CSCC[C@@H](N)C(=O)NCC(O)C(N)=O. The molecule has 0 aliphatic carbocycles. The molecule has 6 nitrogen and oxygen atoms in total. The van der Waals surface area contributed by atoms with E-state index in [2.05, 4.69) is 5.32 Å². The van der Waals surface area contributed by atoms with Crippen LogP contribution in [0.2, 0.25) is 0 Å². The Balaban J connectivity index is 3.77. The lowest BCUT2D eigenvalue weighted by atomic mass is 10.2. The lowest BCUT2D eigenvalue weighted by Crippen LogP contribution is -2.46. The van der Waals surface area contributed by atoms with Crippen LogP contribution in [0.25, 0.3) is 0 Å². The van der Waals surface area contributed by atoms with Crippen LogP contribution in [0.4, 0.5) is 0 Å². The van der Waals surface area contributed by atoms with Gasteiger partial charge in [0.25, 0.3) is 0 Å². The Kier molecular flexibility index (Phi) is 7.10. The predicted molar refractivity (Wildman–Crippen MR) is 59.2 cm³/mol. The molecule has 2 amide bonds. The molecule has 0 aliphatic heterocycles. The third-order valence-corrected chi connectivity index (χ3v) is 2.41. The molecule has 7 heteroatoms. The second-order valence-electron chi connectivity index (χ2n) is 3.05. The van der Waals surface area contributed by atoms with Gasteiger partial charge in [-0.15, -0.1) is 0 Å². The average Bonchev–Trinajstić information content (AvgIpc) is 2.21. The van der Waals surface area contributed by atoms with Gasteiger partial charge in [-0.1, -0.05) is 0 Å². The van der Waals surface area contributed by atoms with Gasteiger partial charge < -0.3 is 21.9 Å². The van der Waals surface area contributed by atoms with Crippen LogP contribution in [-0.4, -0.2) is 47.6 Å². The van der Waals surface area contributed by atoms with E-state index in [9.17, 15) is 9.59 Å². The van der Waals surface area contributed by atoms with Gasteiger partial charge in [0.15, 0.2) is 0 Å². The van der Waals surface area contributed by atoms with Crippen molar-refractivity contribution in [3.63, 3.8) is 0 Å². The molecule has 0 fully saturated rings. The molecule has 0 aromatic heterocycles. The van der Waals surface area contributed by atoms with E-state index in [1.54, 1.807) is 11.8 Å². The zero-order valence-corrected chi connectivity index (χ0v) is 9.42. The topological polar surface area (TPSA) is 118 Å². The number of amides is 2. The van der Waals surface area contributed by atoms with Crippen LogP contribution in [-0.2, 0) is 9.59 Å². The maximum Gasteiger partial charge on any atom is 0.248 e. The van der Waals surface area contributed by atoms with Crippen LogP contribution in [0, 0.1) is 0 Å². The number of aliphatic hydroxyl groups is 1. The molecule has 0 saturated carbocycles. The number of thioether (sulfide) groups is 1. The van der Waals surface area contributed by atoms with Gasteiger partial charge in [0.2, 0.25) is 11.8 Å². The number of carbonyl (C=O) groups excluding carboxylic acids is 2. The number of nitrogens with two attached hydrogens (primary N) is 2. The summed E-state index contributed by atoms with van der Waals surface area (Å²) in [5.74, 6) is -0.468. The zero-order valence-electron chi connectivity index (χ0n) is 8.60. The molecular weight excluding hydrogens is 218 g/mol. The Morgan fingerprint density at radius 2 is 2.13 bits per heavy atom. The van der Waals surface area contributed by atoms with Crippen molar-refractivity contribution in [2.75, 3.05) is 18.6 Å². The van der Waals surface area contributed by atoms with Crippen molar-refractivity contribution in [2.45, 2.75) is 18.6 Å². The van der Waals surface area contributed by atoms with Crippen molar-refractivity contribution >= 4 is 23.6 Å². The van der Waals surface area contributed by atoms with E-state index in [1.165, 1.54) is 0 Å². The van der Waals surface area contributed by atoms with E-state index in [4.69, 9.17) is 16.6 Å². The van der Waals surface area contributed by atoms with Crippen LogP contribution in [0.1, 0.15) is 6.42 Å². The minimum absolute atomic E-state index is 0.193. The zero-order chi connectivity index (χ0) is 11.8. The van der Waals surface area contributed by atoms with Crippen molar-refractivity contribution in [2.24, 2.45) is 11.5 Å². The number of carbonyl (C=O) groups is 2. The van der Waals surface area contributed by atoms with Gasteiger partial charge in [-0.2, -0.15) is 11.8 Å². The highest BCUT2D eigenvalue weighted by molar-refractivity contribution is 7.98. The van der Waals surface area contributed by atoms with Gasteiger partial charge in [-0.25, -0.2) is 0 Å². The Morgan fingerprint density at radius 1 is 1.53 bits per heavy atom. The Labute approximate surface area is 92.8 Å². The van der Waals surface area contributed by atoms with Crippen LogP contribution >= 0.6 is 11.8 Å². The fraction of sp³-hybridized carbons (Fsp3) is 0.750. The molecule has 0 rings (SSSR count). The van der Waals surface area contributed by atoms with Gasteiger partial charge in [-0.05, 0) is 18.4 Å². The average molecular weight is 235 g/mol. The van der Waals surface area contributed by atoms with Gasteiger partial charge >= 0.3 is 0 Å². The van der Waals surface area contributed by atoms with Crippen LogP contribution < -0.4 is 16.8 Å². The number of hydrogen-bond acceptors (Lipinski definition) is 5. The predicted octanol–water partition coefficient (Wildman–Crippen LogP) is -1.97. The molecule has 88 valence electrons. The van der Waals surface area contributed by atoms with Crippen LogP contribution in [0.5, 0.6) is 0 Å². The molecule has 2 atom stereocenters. The number of aliphatic hydroxyl groups excluding tert-OH is 1. The summed E-state index contributed by atoms with van der Waals surface area (Å²) in [5.41, 5.74) is 10.3. The first-order valence-electron chi connectivity index (χ1n) is 4.48. The first-order valence-corrected chi connectivity index (χ1v) is 5.88. The summed E-state index contributed by atoms with van der Waals surface area (Å²) in [6.45, 7) is -0.193. The summed E-state index contributed by atoms with van der Waals surface area (Å²) in [6.07, 6.45) is 1.11. The Bertz CT molecular complexity index is 225. The number of primary amides is 1. The first kappa shape index (κ1) is 14.2. The molecule has 15 heavy (non-hydrogen) atoms. The lowest BCUT2D eigenvalue weighted by Gasteiger charge is -2.13. The lowest BCUT2D eigenvalue weighted by molar-refractivity contribution is -0.127. The number of hydrogen-bond donors (Lipinski definition) is 4. The largest absolute Gasteiger partial charge is 0.381 e.